The van der Waals surface area contributed by atoms with E-state index >= 15 is 0 Å². The molecule has 0 saturated heterocycles. The molecule has 23 heavy (non-hydrogen) atoms. The van der Waals surface area contributed by atoms with Crippen LogP contribution in [0, 0.1) is 5.41 Å². The molecule has 1 N–H and O–H groups in total. The molecule has 4 heteroatoms. The van der Waals surface area contributed by atoms with E-state index in [2.05, 4.69) is 40.2 Å². The molecule has 1 spiro atoms. The van der Waals surface area contributed by atoms with Crippen LogP contribution in [-0.2, 0) is 17.7 Å². The summed E-state index contributed by atoms with van der Waals surface area (Å²) in [4.78, 5) is 12.0. The number of para-hydroxylation sites is 1. The summed E-state index contributed by atoms with van der Waals surface area (Å²) in [7, 11) is 0. The Morgan fingerprint density at radius 2 is 2.13 bits per heavy atom. The largest absolute Gasteiger partial charge is 0.444 e. The second-order valence-electron chi connectivity index (χ2n) is 8.05. The van der Waals surface area contributed by atoms with Crippen molar-refractivity contribution in [1.82, 2.24) is 9.88 Å². The molecule has 122 valence electrons. The first kappa shape index (κ1) is 14.6. The highest BCUT2D eigenvalue weighted by molar-refractivity contribution is 5.81. The van der Waals surface area contributed by atoms with Gasteiger partial charge in [0.05, 0.1) is 0 Å². The summed E-state index contributed by atoms with van der Waals surface area (Å²) in [6, 6.07) is 11.1. The van der Waals surface area contributed by atoms with Gasteiger partial charge < -0.3 is 14.6 Å². The van der Waals surface area contributed by atoms with Crippen molar-refractivity contribution in [2.45, 2.75) is 58.2 Å². The molecule has 1 saturated carbocycles. The smallest absolute Gasteiger partial charge is 0.407 e. The van der Waals surface area contributed by atoms with Gasteiger partial charge in [-0.2, -0.15) is 0 Å². The molecule has 0 unspecified atom stereocenters. The average molecular weight is 312 g/mol. The first-order valence-corrected chi connectivity index (χ1v) is 8.43. The van der Waals surface area contributed by atoms with E-state index in [-0.39, 0.29) is 17.6 Å². The molecule has 4 nitrogen and oxygen atoms in total. The average Bonchev–Trinajstić information content (AvgIpc) is 2.96. The second kappa shape index (κ2) is 4.76. The molecular formula is C19H24N2O2. The van der Waals surface area contributed by atoms with Crippen LogP contribution in [0.4, 0.5) is 4.79 Å². The zero-order valence-electron chi connectivity index (χ0n) is 14.1. The van der Waals surface area contributed by atoms with Crippen LogP contribution in [0.1, 0.15) is 39.3 Å². The number of benzene rings is 1. The summed E-state index contributed by atoms with van der Waals surface area (Å²) in [5, 5.41) is 4.38. The molecule has 1 aliphatic heterocycles. The number of aromatic nitrogens is 1. The van der Waals surface area contributed by atoms with Crippen molar-refractivity contribution in [3.05, 3.63) is 36.0 Å². The molecule has 1 fully saturated rings. The van der Waals surface area contributed by atoms with Gasteiger partial charge in [0.1, 0.15) is 5.60 Å². The monoisotopic (exact) mass is 312 g/mol. The molecule has 2 atom stereocenters. The molecule has 1 aliphatic carbocycles. The Hall–Kier alpha value is -1.97. The first-order valence-electron chi connectivity index (χ1n) is 8.43. The van der Waals surface area contributed by atoms with E-state index in [9.17, 15) is 4.79 Å². The van der Waals surface area contributed by atoms with E-state index in [0.717, 1.165) is 25.8 Å². The Bertz CT molecular complexity index is 771. The maximum Gasteiger partial charge on any atom is 0.407 e. The molecule has 1 amide bonds. The summed E-state index contributed by atoms with van der Waals surface area (Å²) in [5.41, 5.74) is 2.50. The fraction of sp³-hybridized carbons (Fsp3) is 0.526. The maximum atomic E-state index is 12.0. The van der Waals surface area contributed by atoms with Gasteiger partial charge in [0.25, 0.3) is 0 Å². The van der Waals surface area contributed by atoms with Gasteiger partial charge in [-0.1, -0.05) is 18.2 Å². The predicted molar refractivity (Wildman–Crippen MR) is 90.5 cm³/mol. The lowest BCUT2D eigenvalue weighted by atomic mass is 9.94. The molecule has 4 rings (SSSR count). The van der Waals surface area contributed by atoms with Gasteiger partial charge in [0.15, 0.2) is 0 Å². The van der Waals surface area contributed by atoms with Gasteiger partial charge in [0, 0.05) is 29.2 Å². The van der Waals surface area contributed by atoms with Crippen LogP contribution in [0.15, 0.2) is 30.3 Å². The van der Waals surface area contributed by atoms with Crippen LogP contribution in [0.3, 0.4) is 0 Å². The maximum absolute atomic E-state index is 12.0. The minimum absolute atomic E-state index is 0.214. The summed E-state index contributed by atoms with van der Waals surface area (Å²) in [6.45, 7) is 6.69. The second-order valence-corrected chi connectivity index (χ2v) is 8.05. The van der Waals surface area contributed by atoms with Gasteiger partial charge in [-0.25, -0.2) is 4.79 Å². The quantitative estimate of drug-likeness (QED) is 0.868. The Morgan fingerprint density at radius 1 is 1.35 bits per heavy atom. The van der Waals surface area contributed by atoms with Crippen molar-refractivity contribution < 1.29 is 9.53 Å². The van der Waals surface area contributed by atoms with Gasteiger partial charge in [-0.05, 0) is 57.6 Å². The molecule has 2 heterocycles. The van der Waals surface area contributed by atoms with Gasteiger partial charge in [-0.15, -0.1) is 0 Å². The van der Waals surface area contributed by atoms with E-state index in [4.69, 9.17) is 4.74 Å². The summed E-state index contributed by atoms with van der Waals surface area (Å²) in [6.07, 6.45) is 2.99. The Balaban J connectivity index is 1.50. The zero-order chi connectivity index (χ0) is 16.2. The lowest BCUT2D eigenvalue weighted by Crippen LogP contribution is -2.37. The van der Waals surface area contributed by atoms with Crippen molar-refractivity contribution in [2.24, 2.45) is 5.41 Å². The highest BCUT2D eigenvalue weighted by atomic mass is 16.6. The van der Waals surface area contributed by atoms with E-state index in [1.165, 1.54) is 16.6 Å². The third-order valence-electron chi connectivity index (χ3n) is 5.13. The molecular weight excluding hydrogens is 288 g/mol. The van der Waals surface area contributed by atoms with Crippen LogP contribution in [0.25, 0.3) is 10.9 Å². The number of carbonyl (C=O) groups is 1. The summed E-state index contributed by atoms with van der Waals surface area (Å²) < 4.78 is 7.83. The van der Waals surface area contributed by atoms with Crippen molar-refractivity contribution in [2.75, 3.05) is 0 Å². The summed E-state index contributed by atoms with van der Waals surface area (Å²) in [5.74, 6) is 0. The number of fused-ring (bicyclic) bond motifs is 3. The molecule has 0 bridgehead atoms. The molecule has 1 aromatic carbocycles. The number of rotatable bonds is 1. The zero-order valence-corrected chi connectivity index (χ0v) is 14.1. The molecule has 1 aromatic heterocycles. The SMILES string of the molecule is CC(C)(C)OC(=O)N[C@H]1C[C@@]12CCc1cc3ccccc3n1C2. The fourth-order valence-electron chi connectivity index (χ4n) is 3.88. The number of alkyl carbamates (subject to hydrolysis) is 1. The topological polar surface area (TPSA) is 43.3 Å². The van der Waals surface area contributed by atoms with E-state index in [0.29, 0.717) is 0 Å². The van der Waals surface area contributed by atoms with Crippen LogP contribution in [0.5, 0.6) is 0 Å². The minimum Gasteiger partial charge on any atom is -0.444 e. The molecule has 2 aliphatic rings. The molecule has 2 aromatic rings. The van der Waals surface area contributed by atoms with Gasteiger partial charge in [-0.3, -0.25) is 0 Å². The summed E-state index contributed by atoms with van der Waals surface area (Å²) >= 11 is 0. The third kappa shape index (κ3) is 2.60. The lowest BCUT2D eigenvalue weighted by Gasteiger charge is -2.27. The Kier molecular flexibility index (Phi) is 3.03. The normalized spacial score (nSPS) is 26.1. The standard InChI is InChI=1S/C19H24N2O2/c1-18(2,3)23-17(22)20-16-11-19(16)9-8-14-10-13-6-4-5-7-15(13)21(14)12-19/h4-7,10,16H,8-9,11-12H2,1-3H3,(H,20,22)/t16-,19+/m0/s1. The third-order valence-corrected chi connectivity index (χ3v) is 5.13. The number of ether oxygens (including phenoxy) is 1. The van der Waals surface area contributed by atoms with Crippen LogP contribution in [0.2, 0.25) is 0 Å². The van der Waals surface area contributed by atoms with Gasteiger partial charge in [0.2, 0.25) is 0 Å². The highest BCUT2D eigenvalue weighted by Gasteiger charge is 2.56. The fourth-order valence-corrected chi connectivity index (χ4v) is 3.88. The number of hydrogen-bond donors (Lipinski definition) is 1. The van der Waals surface area contributed by atoms with E-state index in [1.54, 1.807) is 0 Å². The Morgan fingerprint density at radius 3 is 2.91 bits per heavy atom. The predicted octanol–water partition coefficient (Wildman–Crippen LogP) is 3.87. The number of aryl methyl sites for hydroxylation is 1. The van der Waals surface area contributed by atoms with Crippen molar-refractivity contribution >= 4 is 17.0 Å². The van der Waals surface area contributed by atoms with E-state index < -0.39 is 5.60 Å². The van der Waals surface area contributed by atoms with Crippen molar-refractivity contribution in [3.8, 4) is 0 Å². The number of hydrogen-bond acceptors (Lipinski definition) is 2. The number of amides is 1. The van der Waals surface area contributed by atoms with Crippen LogP contribution >= 0.6 is 0 Å². The van der Waals surface area contributed by atoms with Gasteiger partial charge >= 0.3 is 6.09 Å². The molecule has 0 radical (unpaired) electrons. The Labute approximate surface area is 136 Å². The van der Waals surface area contributed by atoms with E-state index in [1.807, 2.05) is 20.8 Å². The number of nitrogens with one attached hydrogen (secondary N) is 1. The number of carbonyl (C=O) groups excluding carboxylic acids is 1. The first-order chi connectivity index (χ1) is 10.9. The number of nitrogens with zero attached hydrogens (tertiary/aromatic N) is 1. The lowest BCUT2D eigenvalue weighted by molar-refractivity contribution is 0.0513. The van der Waals surface area contributed by atoms with Crippen molar-refractivity contribution in [3.63, 3.8) is 0 Å². The van der Waals surface area contributed by atoms with Crippen molar-refractivity contribution in [1.29, 1.82) is 0 Å². The highest BCUT2D eigenvalue weighted by Crippen LogP contribution is 2.54. The van der Waals surface area contributed by atoms with Crippen LogP contribution < -0.4 is 5.32 Å². The van der Waals surface area contributed by atoms with Crippen LogP contribution in [-0.4, -0.2) is 22.3 Å². The minimum atomic E-state index is -0.442.